The first-order valence-electron chi connectivity index (χ1n) is 6.66. The van der Waals surface area contributed by atoms with E-state index in [9.17, 15) is 0 Å². The normalized spacial score (nSPS) is 14.1. The Morgan fingerprint density at radius 2 is 1.60 bits per heavy atom. The maximum Gasteiger partial charge on any atom is 0.0921 e. The molecule has 1 heteroatoms. The Morgan fingerprint density at radius 1 is 1.00 bits per heavy atom. The zero-order valence-electron chi connectivity index (χ0n) is 10.5. The minimum absolute atomic E-state index is 0.934. The summed E-state index contributed by atoms with van der Waals surface area (Å²) in [4.78, 5) is 0. The van der Waals surface area contributed by atoms with Crippen molar-refractivity contribution in [2.24, 2.45) is 0 Å². The molecule has 1 nitrogen and oxygen atoms in total. The molecule has 0 N–H and O–H groups in total. The standard InChI is InChI=1S/C14H26O/c1-3-4-5-6-7-8-9-12-15-13(2)14-10-11-14/h3-12H2,1-2H3. The van der Waals surface area contributed by atoms with Gasteiger partial charge in [-0.15, -0.1) is 0 Å². The SMILES string of the molecule is CCCCCCCCCOC(C)=C1CC1. The van der Waals surface area contributed by atoms with Crippen LogP contribution in [0.4, 0.5) is 0 Å². The van der Waals surface area contributed by atoms with Crippen LogP contribution in [-0.2, 0) is 4.74 Å². The molecular formula is C14H26O. The molecule has 0 radical (unpaired) electrons. The van der Waals surface area contributed by atoms with Gasteiger partial charge in [0.25, 0.3) is 0 Å². The van der Waals surface area contributed by atoms with E-state index in [1.54, 1.807) is 0 Å². The maximum atomic E-state index is 5.67. The second-order valence-electron chi connectivity index (χ2n) is 4.63. The van der Waals surface area contributed by atoms with Crippen molar-refractivity contribution in [3.8, 4) is 0 Å². The molecule has 0 spiro atoms. The van der Waals surface area contributed by atoms with E-state index in [2.05, 4.69) is 13.8 Å². The lowest BCUT2D eigenvalue weighted by molar-refractivity contribution is 0.205. The topological polar surface area (TPSA) is 9.23 Å². The molecule has 1 fully saturated rings. The molecule has 0 amide bonds. The monoisotopic (exact) mass is 210 g/mol. The van der Waals surface area contributed by atoms with Crippen LogP contribution in [0.5, 0.6) is 0 Å². The van der Waals surface area contributed by atoms with E-state index in [4.69, 9.17) is 4.74 Å². The molecule has 1 rings (SSSR count). The molecule has 1 aliphatic rings. The molecule has 0 unspecified atom stereocenters. The predicted molar refractivity (Wildman–Crippen MR) is 65.9 cm³/mol. The van der Waals surface area contributed by atoms with Gasteiger partial charge in [-0.25, -0.2) is 0 Å². The first kappa shape index (κ1) is 12.6. The van der Waals surface area contributed by atoms with E-state index in [1.165, 1.54) is 69.1 Å². The summed E-state index contributed by atoms with van der Waals surface area (Å²) in [7, 11) is 0. The van der Waals surface area contributed by atoms with Crippen molar-refractivity contribution in [3.05, 3.63) is 11.3 Å². The Bertz CT molecular complexity index is 188. The molecule has 0 heterocycles. The lowest BCUT2D eigenvalue weighted by Gasteiger charge is -2.05. The second-order valence-corrected chi connectivity index (χ2v) is 4.63. The number of ether oxygens (including phenoxy) is 1. The zero-order valence-corrected chi connectivity index (χ0v) is 10.5. The van der Waals surface area contributed by atoms with Crippen LogP contribution in [-0.4, -0.2) is 6.61 Å². The summed E-state index contributed by atoms with van der Waals surface area (Å²) in [6, 6.07) is 0. The zero-order chi connectivity index (χ0) is 10.9. The van der Waals surface area contributed by atoms with Gasteiger partial charge in [0.1, 0.15) is 0 Å². The highest BCUT2D eigenvalue weighted by Gasteiger charge is 2.15. The first-order valence-corrected chi connectivity index (χ1v) is 6.66. The van der Waals surface area contributed by atoms with Crippen LogP contribution >= 0.6 is 0 Å². The van der Waals surface area contributed by atoms with Gasteiger partial charge in [-0.2, -0.15) is 0 Å². The van der Waals surface area contributed by atoms with E-state index in [0.29, 0.717) is 0 Å². The lowest BCUT2D eigenvalue weighted by atomic mass is 10.1. The van der Waals surface area contributed by atoms with Crippen molar-refractivity contribution in [2.45, 2.75) is 71.6 Å². The second kappa shape index (κ2) is 7.78. The fraction of sp³-hybridized carbons (Fsp3) is 0.857. The van der Waals surface area contributed by atoms with Crippen molar-refractivity contribution in [3.63, 3.8) is 0 Å². The Labute approximate surface area is 94.9 Å². The van der Waals surface area contributed by atoms with Crippen molar-refractivity contribution >= 4 is 0 Å². The van der Waals surface area contributed by atoms with Crippen molar-refractivity contribution in [2.75, 3.05) is 6.61 Å². The molecule has 0 aromatic carbocycles. The van der Waals surface area contributed by atoms with Gasteiger partial charge in [-0.3, -0.25) is 0 Å². The van der Waals surface area contributed by atoms with E-state index < -0.39 is 0 Å². The summed E-state index contributed by atoms with van der Waals surface area (Å²) < 4.78 is 5.67. The molecule has 0 saturated heterocycles. The minimum atomic E-state index is 0.934. The van der Waals surface area contributed by atoms with Crippen LogP contribution in [0.15, 0.2) is 11.3 Å². The molecule has 15 heavy (non-hydrogen) atoms. The van der Waals surface area contributed by atoms with Gasteiger partial charge >= 0.3 is 0 Å². The molecule has 1 aliphatic carbocycles. The van der Waals surface area contributed by atoms with Gasteiger partial charge in [0.2, 0.25) is 0 Å². The number of hydrogen-bond acceptors (Lipinski definition) is 1. The van der Waals surface area contributed by atoms with Crippen molar-refractivity contribution in [1.29, 1.82) is 0 Å². The van der Waals surface area contributed by atoms with Crippen LogP contribution in [0.1, 0.15) is 71.6 Å². The van der Waals surface area contributed by atoms with E-state index in [-0.39, 0.29) is 0 Å². The summed E-state index contributed by atoms with van der Waals surface area (Å²) in [5.74, 6) is 1.21. The number of rotatable bonds is 9. The van der Waals surface area contributed by atoms with Crippen LogP contribution in [0, 0.1) is 0 Å². The highest BCUT2D eigenvalue weighted by atomic mass is 16.5. The Hall–Kier alpha value is -0.460. The maximum absolute atomic E-state index is 5.67. The minimum Gasteiger partial charge on any atom is -0.498 e. The third-order valence-corrected chi connectivity index (χ3v) is 3.06. The number of hydrogen-bond donors (Lipinski definition) is 0. The third-order valence-electron chi connectivity index (χ3n) is 3.06. The van der Waals surface area contributed by atoms with Crippen molar-refractivity contribution < 1.29 is 4.74 Å². The average molecular weight is 210 g/mol. The summed E-state index contributed by atoms with van der Waals surface area (Å²) in [5.41, 5.74) is 1.54. The van der Waals surface area contributed by atoms with Gasteiger partial charge in [0.15, 0.2) is 0 Å². The largest absolute Gasteiger partial charge is 0.498 e. The molecule has 0 aromatic heterocycles. The van der Waals surface area contributed by atoms with Gasteiger partial charge in [0, 0.05) is 0 Å². The fourth-order valence-corrected chi connectivity index (χ4v) is 1.80. The lowest BCUT2D eigenvalue weighted by Crippen LogP contribution is -1.92. The van der Waals surface area contributed by atoms with Gasteiger partial charge in [-0.05, 0) is 31.8 Å². The van der Waals surface area contributed by atoms with E-state index in [0.717, 1.165) is 6.61 Å². The van der Waals surface area contributed by atoms with E-state index in [1.807, 2.05) is 0 Å². The summed E-state index contributed by atoms with van der Waals surface area (Å²) in [6.45, 7) is 5.31. The van der Waals surface area contributed by atoms with Gasteiger partial charge in [0.05, 0.1) is 12.4 Å². The van der Waals surface area contributed by atoms with Crippen molar-refractivity contribution in [1.82, 2.24) is 0 Å². The number of unbranched alkanes of at least 4 members (excludes halogenated alkanes) is 6. The summed E-state index contributed by atoms with van der Waals surface area (Å²) in [6.07, 6.45) is 12.1. The summed E-state index contributed by atoms with van der Waals surface area (Å²) in [5, 5.41) is 0. The molecular weight excluding hydrogens is 184 g/mol. The summed E-state index contributed by atoms with van der Waals surface area (Å²) >= 11 is 0. The van der Waals surface area contributed by atoms with Gasteiger partial charge < -0.3 is 4.74 Å². The Balaban J connectivity index is 1.79. The third kappa shape index (κ3) is 6.59. The van der Waals surface area contributed by atoms with Crippen LogP contribution in [0.3, 0.4) is 0 Å². The smallest absolute Gasteiger partial charge is 0.0921 e. The van der Waals surface area contributed by atoms with Gasteiger partial charge in [-0.1, -0.05) is 45.4 Å². The highest BCUT2D eigenvalue weighted by Crippen LogP contribution is 2.31. The fourth-order valence-electron chi connectivity index (χ4n) is 1.80. The van der Waals surface area contributed by atoms with E-state index >= 15 is 0 Å². The molecule has 88 valence electrons. The first-order chi connectivity index (χ1) is 7.34. The molecule has 0 atom stereocenters. The molecule has 0 aromatic rings. The predicted octanol–water partition coefficient (Wildman–Crippen LogP) is 4.82. The van der Waals surface area contributed by atoms with Crippen LogP contribution < -0.4 is 0 Å². The Morgan fingerprint density at radius 3 is 2.20 bits per heavy atom. The molecule has 0 bridgehead atoms. The van der Waals surface area contributed by atoms with Crippen LogP contribution in [0.25, 0.3) is 0 Å². The van der Waals surface area contributed by atoms with Crippen LogP contribution in [0.2, 0.25) is 0 Å². The average Bonchev–Trinajstić information content (AvgIpc) is 3.05. The molecule has 1 saturated carbocycles. The quantitative estimate of drug-likeness (QED) is 0.391. The Kier molecular flexibility index (Phi) is 6.54. The number of allylic oxidation sites excluding steroid dienone is 2. The molecule has 0 aliphatic heterocycles. The highest BCUT2D eigenvalue weighted by molar-refractivity contribution is 5.19.